The average Bonchev–Trinajstić information content (AvgIpc) is 3.29. The van der Waals surface area contributed by atoms with Crippen LogP contribution in [-0.2, 0) is 4.79 Å². The van der Waals surface area contributed by atoms with E-state index in [1.54, 1.807) is 10.9 Å². The highest BCUT2D eigenvalue weighted by Gasteiger charge is 2.40. The number of rotatable bonds is 2. The third-order valence-corrected chi connectivity index (χ3v) is 5.52. The minimum absolute atomic E-state index is 0.0150. The first-order valence-corrected chi connectivity index (χ1v) is 9.24. The normalized spacial score (nSPS) is 21.6. The summed E-state index contributed by atoms with van der Waals surface area (Å²) < 4.78 is 7.31. The van der Waals surface area contributed by atoms with E-state index in [1.807, 2.05) is 43.3 Å². The highest BCUT2D eigenvalue weighted by molar-refractivity contribution is 6.31. The quantitative estimate of drug-likeness (QED) is 0.719. The van der Waals surface area contributed by atoms with Crippen LogP contribution in [0.3, 0.4) is 0 Å². The van der Waals surface area contributed by atoms with Crippen LogP contribution in [-0.4, -0.2) is 20.5 Å². The number of hydrogen-bond acceptors (Lipinski definition) is 5. The van der Waals surface area contributed by atoms with Crippen LogP contribution in [0, 0.1) is 6.92 Å². The number of aryl methyl sites for hydroxylation is 1. The Morgan fingerprint density at radius 2 is 2.07 bits per heavy atom. The molecule has 2 aliphatic rings. The zero-order valence-electron chi connectivity index (χ0n) is 14.6. The fourth-order valence-electron chi connectivity index (χ4n) is 4.03. The number of allylic oxidation sites excluding steroid dienone is 2. The monoisotopic (exact) mass is 380 g/mol. The Morgan fingerprint density at radius 3 is 2.85 bits per heavy atom. The number of carbonyl (C=O) groups is 1. The molecule has 0 radical (unpaired) electrons. The Bertz CT molecular complexity index is 1070. The van der Waals surface area contributed by atoms with Gasteiger partial charge < -0.3 is 9.73 Å². The molecule has 136 valence electrons. The summed E-state index contributed by atoms with van der Waals surface area (Å²) in [5.41, 5.74) is 2.44. The van der Waals surface area contributed by atoms with Crippen LogP contribution in [0.2, 0.25) is 5.02 Å². The second-order valence-electron chi connectivity index (χ2n) is 6.91. The number of carbonyl (C=O) groups excluding carboxylic acids is 1. The van der Waals surface area contributed by atoms with Crippen LogP contribution < -0.4 is 5.32 Å². The van der Waals surface area contributed by atoms with Crippen LogP contribution in [0.15, 0.2) is 58.3 Å². The van der Waals surface area contributed by atoms with Gasteiger partial charge in [-0.2, -0.15) is 10.1 Å². The van der Waals surface area contributed by atoms with E-state index in [4.69, 9.17) is 16.0 Å². The third-order valence-electron chi connectivity index (χ3n) is 5.17. The number of benzene rings is 1. The van der Waals surface area contributed by atoms with E-state index in [-0.39, 0.29) is 17.7 Å². The van der Waals surface area contributed by atoms with Gasteiger partial charge in [0.1, 0.15) is 17.6 Å². The lowest BCUT2D eigenvalue weighted by molar-refractivity contribution is -0.117. The van der Waals surface area contributed by atoms with Crippen molar-refractivity contribution in [1.82, 2.24) is 14.8 Å². The van der Waals surface area contributed by atoms with Gasteiger partial charge in [0, 0.05) is 34.2 Å². The Balaban J connectivity index is 1.66. The van der Waals surface area contributed by atoms with Crippen molar-refractivity contribution in [2.75, 3.05) is 5.32 Å². The van der Waals surface area contributed by atoms with Crippen molar-refractivity contribution >= 4 is 23.3 Å². The smallest absolute Gasteiger partial charge is 0.226 e. The number of furan rings is 1. The molecule has 0 fully saturated rings. The summed E-state index contributed by atoms with van der Waals surface area (Å²) in [6.45, 7) is 1.84. The van der Waals surface area contributed by atoms with Gasteiger partial charge in [-0.25, -0.2) is 4.68 Å². The molecule has 1 aromatic carbocycles. The Hall–Kier alpha value is -2.86. The molecule has 5 rings (SSSR count). The molecule has 1 aliphatic heterocycles. The maximum Gasteiger partial charge on any atom is 0.226 e. The highest BCUT2D eigenvalue weighted by atomic mass is 35.5. The van der Waals surface area contributed by atoms with Crippen molar-refractivity contribution in [3.05, 3.63) is 76.1 Å². The predicted molar refractivity (Wildman–Crippen MR) is 101 cm³/mol. The highest BCUT2D eigenvalue weighted by Crippen LogP contribution is 2.45. The molecule has 7 heteroatoms. The molecule has 1 N–H and O–H groups in total. The summed E-state index contributed by atoms with van der Waals surface area (Å²) >= 11 is 6.49. The topological polar surface area (TPSA) is 73.0 Å². The van der Waals surface area contributed by atoms with E-state index in [9.17, 15) is 4.79 Å². The number of fused-ring (bicyclic) bond motifs is 1. The molecule has 0 bridgehead atoms. The first-order chi connectivity index (χ1) is 13.1. The molecule has 2 aromatic heterocycles. The van der Waals surface area contributed by atoms with Crippen molar-refractivity contribution < 1.29 is 9.21 Å². The van der Waals surface area contributed by atoms with Gasteiger partial charge in [-0.15, -0.1) is 0 Å². The van der Waals surface area contributed by atoms with Gasteiger partial charge in [-0.05, 0) is 31.5 Å². The Kier molecular flexibility index (Phi) is 3.68. The van der Waals surface area contributed by atoms with Gasteiger partial charge in [0.05, 0.1) is 6.26 Å². The number of aromatic nitrogens is 3. The Labute approximate surface area is 160 Å². The van der Waals surface area contributed by atoms with Gasteiger partial charge in [0.25, 0.3) is 0 Å². The van der Waals surface area contributed by atoms with E-state index in [0.29, 0.717) is 35.2 Å². The zero-order chi connectivity index (χ0) is 18.5. The molecular formula is C20H17ClN4O2. The summed E-state index contributed by atoms with van der Waals surface area (Å²) in [6.07, 6.45) is 2.73. The van der Waals surface area contributed by atoms with Crippen LogP contribution in [0.5, 0.6) is 0 Å². The van der Waals surface area contributed by atoms with Crippen molar-refractivity contribution in [2.24, 2.45) is 0 Å². The lowest BCUT2D eigenvalue weighted by Gasteiger charge is -2.34. The number of Topliss-reactive ketones (excluding diaryl/α,β-unsaturated/α-hetero) is 1. The van der Waals surface area contributed by atoms with E-state index >= 15 is 0 Å². The molecule has 3 aromatic rings. The standard InChI is InChI=1S/C20H17ClN4O2/c1-11-22-20-23-15-9-12(17-7-4-8-27-17)10-16(26)18(15)19(25(20)24-11)13-5-2-3-6-14(13)21/h2-8,12,19H,9-10H2,1H3,(H,22,23,24)/t12-,19-/m0/s1. The predicted octanol–water partition coefficient (Wildman–Crippen LogP) is 4.25. The molecule has 3 heterocycles. The second kappa shape index (κ2) is 6.09. The average molecular weight is 381 g/mol. The van der Waals surface area contributed by atoms with Crippen molar-refractivity contribution in [3.63, 3.8) is 0 Å². The molecular weight excluding hydrogens is 364 g/mol. The maximum absolute atomic E-state index is 13.2. The van der Waals surface area contributed by atoms with Gasteiger partial charge in [-0.3, -0.25) is 4.79 Å². The van der Waals surface area contributed by atoms with Crippen LogP contribution in [0.4, 0.5) is 5.95 Å². The first-order valence-electron chi connectivity index (χ1n) is 8.86. The van der Waals surface area contributed by atoms with Crippen molar-refractivity contribution in [2.45, 2.75) is 31.7 Å². The fourth-order valence-corrected chi connectivity index (χ4v) is 4.27. The largest absolute Gasteiger partial charge is 0.469 e. The molecule has 6 nitrogen and oxygen atoms in total. The SMILES string of the molecule is Cc1nc2n(n1)[C@@H](c1ccccc1Cl)C1=C(C[C@H](c3ccco3)CC1=O)N2. The molecule has 0 saturated heterocycles. The number of nitrogens with zero attached hydrogens (tertiary/aromatic N) is 3. The van der Waals surface area contributed by atoms with Crippen LogP contribution in [0.1, 0.15) is 41.9 Å². The van der Waals surface area contributed by atoms with E-state index in [1.165, 1.54) is 0 Å². The van der Waals surface area contributed by atoms with E-state index in [0.717, 1.165) is 17.0 Å². The van der Waals surface area contributed by atoms with Gasteiger partial charge >= 0.3 is 0 Å². The molecule has 2 atom stereocenters. The van der Waals surface area contributed by atoms with Gasteiger partial charge in [-0.1, -0.05) is 29.8 Å². The lowest BCUT2D eigenvalue weighted by Crippen LogP contribution is -2.33. The third kappa shape index (κ3) is 2.59. The molecule has 27 heavy (non-hydrogen) atoms. The molecule has 0 saturated carbocycles. The number of halogens is 1. The van der Waals surface area contributed by atoms with Crippen LogP contribution >= 0.6 is 11.6 Å². The summed E-state index contributed by atoms with van der Waals surface area (Å²) in [4.78, 5) is 17.7. The summed E-state index contributed by atoms with van der Waals surface area (Å²) in [7, 11) is 0. The van der Waals surface area contributed by atoms with E-state index in [2.05, 4.69) is 15.4 Å². The second-order valence-corrected chi connectivity index (χ2v) is 7.32. The van der Waals surface area contributed by atoms with Gasteiger partial charge in [0.2, 0.25) is 5.95 Å². The van der Waals surface area contributed by atoms with Crippen LogP contribution in [0.25, 0.3) is 0 Å². The molecule has 0 spiro atoms. The summed E-state index contributed by atoms with van der Waals surface area (Å²) in [5, 5.41) is 8.46. The number of nitrogens with one attached hydrogen (secondary N) is 1. The van der Waals surface area contributed by atoms with E-state index < -0.39 is 0 Å². The molecule has 0 amide bonds. The minimum atomic E-state index is -0.379. The molecule has 1 aliphatic carbocycles. The fraction of sp³-hybridized carbons (Fsp3) is 0.250. The minimum Gasteiger partial charge on any atom is -0.469 e. The number of ketones is 1. The zero-order valence-corrected chi connectivity index (χ0v) is 15.4. The Morgan fingerprint density at radius 1 is 1.22 bits per heavy atom. The summed E-state index contributed by atoms with van der Waals surface area (Å²) in [6, 6.07) is 11.0. The molecule has 0 unspecified atom stereocenters. The summed E-state index contributed by atoms with van der Waals surface area (Å²) in [5.74, 6) is 2.19. The maximum atomic E-state index is 13.2. The number of anilines is 1. The lowest BCUT2D eigenvalue weighted by atomic mass is 9.79. The van der Waals surface area contributed by atoms with Crippen molar-refractivity contribution in [3.8, 4) is 0 Å². The number of hydrogen-bond donors (Lipinski definition) is 1. The van der Waals surface area contributed by atoms with Crippen molar-refractivity contribution in [1.29, 1.82) is 0 Å². The van der Waals surface area contributed by atoms with Gasteiger partial charge in [0.15, 0.2) is 5.78 Å². The first kappa shape index (κ1) is 16.3.